The van der Waals surface area contributed by atoms with Crippen molar-refractivity contribution in [1.82, 2.24) is 74.6 Å². The third-order valence-corrected chi connectivity index (χ3v) is 23.4. The van der Waals surface area contributed by atoms with Gasteiger partial charge in [-0.3, -0.25) is 64.2 Å². The van der Waals surface area contributed by atoms with Crippen LogP contribution in [-0.4, -0.2) is 247 Å². The van der Waals surface area contributed by atoms with Crippen molar-refractivity contribution < 1.29 is 28.7 Å². The van der Waals surface area contributed by atoms with E-state index in [0.717, 1.165) is 131 Å². The van der Waals surface area contributed by atoms with Gasteiger partial charge in [-0.1, -0.05) is 30.3 Å². The molecular weight excluding hydrogens is 1300 g/mol. The summed E-state index contributed by atoms with van der Waals surface area (Å²) in [6.07, 6.45) is 5.47. The van der Waals surface area contributed by atoms with Crippen LogP contribution in [0.4, 0.5) is 23.1 Å². The maximum Gasteiger partial charge on any atom is 0.262 e. The number of aromatic nitrogens is 6. The van der Waals surface area contributed by atoms with Crippen LogP contribution in [-0.2, 0) is 9.59 Å². The molecule has 8 aromatic rings. The fourth-order valence-corrected chi connectivity index (χ4v) is 17.1. The lowest BCUT2D eigenvalue weighted by atomic mass is 9.93. The number of rotatable bonds is 21. The highest BCUT2D eigenvalue weighted by molar-refractivity contribution is 6.24. The fraction of sp³-hybridized carbons (Fsp3) is 0.429. The van der Waals surface area contributed by atoms with Crippen LogP contribution >= 0.6 is 0 Å². The number of amides is 4. The van der Waals surface area contributed by atoms with Gasteiger partial charge < -0.3 is 36.5 Å². The molecule has 0 radical (unpaired) electrons. The number of nitrogens with two attached hydrogens (primary N) is 2. The minimum atomic E-state index is -0.980. The molecule has 8 N–H and O–H groups in total. The Hall–Kier alpha value is -9.80. The summed E-state index contributed by atoms with van der Waals surface area (Å²) in [5.41, 5.74) is 19.5. The number of para-hydroxylation sites is 1. The van der Waals surface area contributed by atoms with E-state index in [1.165, 1.54) is 52.1 Å². The molecule has 3 aromatic heterocycles. The Kier molecular flexibility index (Phi) is 17.2. The lowest BCUT2D eigenvalue weighted by Gasteiger charge is -2.56. The first-order valence-corrected chi connectivity index (χ1v) is 36.8. The van der Waals surface area contributed by atoms with Gasteiger partial charge in [-0.05, 0) is 129 Å². The average molecular weight is 1390 g/mol. The number of carbonyl (C=O) groups is 4. The first-order chi connectivity index (χ1) is 50.3. The van der Waals surface area contributed by atoms with Crippen molar-refractivity contribution in [3.05, 3.63) is 150 Å². The largest absolute Gasteiger partial charge is 0.457 e. The number of likely N-dealkylation sites (tertiary alicyclic amines) is 6. The minimum Gasteiger partial charge on any atom is -0.457 e. The fourth-order valence-electron chi connectivity index (χ4n) is 17.1. The number of ether oxygens (including phenoxy) is 2. The molecule has 9 saturated heterocycles. The zero-order valence-corrected chi connectivity index (χ0v) is 57.7. The number of nitrogens with zero attached hydrogens (tertiary/aromatic N) is 14. The number of nitrogens with one attached hydrogen (secondary N) is 4. The van der Waals surface area contributed by atoms with E-state index in [0.29, 0.717) is 104 Å². The van der Waals surface area contributed by atoms with Crippen molar-refractivity contribution in [3.63, 3.8) is 0 Å². The molecule has 13 heterocycles. The van der Waals surface area contributed by atoms with Crippen LogP contribution in [0.5, 0.6) is 23.0 Å². The molecule has 1 atom stereocenters. The Labute approximate surface area is 597 Å². The molecular formula is C77H86N20O6. The summed E-state index contributed by atoms with van der Waals surface area (Å²) in [4.78, 5) is 89.4. The number of fused-ring (bicyclic) bond motifs is 2. The van der Waals surface area contributed by atoms with Gasteiger partial charge in [-0.2, -0.15) is 5.10 Å². The number of carbonyl (C=O) groups excluding carboxylic acids is 4. The average Bonchev–Trinajstić information content (AvgIpc) is 1.64. The normalized spacial score (nSPS) is 22.1. The van der Waals surface area contributed by atoms with E-state index in [-0.39, 0.29) is 36.5 Å². The Bertz CT molecular complexity index is 4570. The molecule has 10 aliphatic rings. The van der Waals surface area contributed by atoms with E-state index in [1.54, 1.807) is 12.1 Å². The van der Waals surface area contributed by atoms with Gasteiger partial charge in [0, 0.05) is 183 Å². The first-order valence-electron chi connectivity index (χ1n) is 36.8. The molecule has 10 aliphatic heterocycles. The van der Waals surface area contributed by atoms with Crippen molar-refractivity contribution in [1.29, 1.82) is 5.41 Å². The van der Waals surface area contributed by atoms with Crippen LogP contribution in [0.3, 0.4) is 0 Å². The van der Waals surface area contributed by atoms with E-state index in [9.17, 15) is 24.6 Å². The zero-order chi connectivity index (χ0) is 69.6. The van der Waals surface area contributed by atoms with E-state index < -0.39 is 29.7 Å². The van der Waals surface area contributed by atoms with Crippen LogP contribution in [0.15, 0.2) is 128 Å². The van der Waals surface area contributed by atoms with Crippen molar-refractivity contribution in [2.75, 3.05) is 139 Å². The lowest BCUT2D eigenvalue weighted by molar-refractivity contribution is -0.136. The summed E-state index contributed by atoms with van der Waals surface area (Å²) in [5, 5.41) is 24.8. The number of piperidine rings is 3. The Balaban J connectivity index is 0.492. The second-order valence-corrected chi connectivity index (χ2v) is 30.0. The molecule has 0 aliphatic carbocycles. The highest BCUT2D eigenvalue weighted by Crippen LogP contribution is 2.41. The highest BCUT2D eigenvalue weighted by Gasteiger charge is 2.48. The van der Waals surface area contributed by atoms with Crippen LogP contribution in [0.25, 0.3) is 33.7 Å². The van der Waals surface area contributed by atoms with Crippen molar-refractivity contribution in [2.24, 2.45) is 11.8 Å². The zero-order valence-electron chi connectivity index (χ0n) is 57.7. The van der Waals surface area contributed by atoms with Crippen molar-refractivity contribution >= 4 is 63.5 Å². The molecule has 0 saturated carbocycles. The maximum absolute atomic E-state index is 13.5. The van der Waals surface area contributed by atoms with Crippen LogP contribution < -0.4 is 41.8 Å². The molecule has 26 heteroatoms. The third kappa shape index (κ3) is 12.8. The number of nitrogen functional groups attached to an aromatic ring is 2. The first kappa shape index (κ1) is 65.2. The van der Waals surface area contributed by atoms with Gasteiger partial charge in [0.15, 0.2) is 11.5 Å². The lowest BCUT2D eigenvalue weighted by Crippen LogP contribution is -2.70. The van der Waals surface area contributed by atoms with Crippen LogP contribution in [0.1, 0.15) is 76.4 Å². The van der Waals surface area contributed by atoms with E-state index in [1.807, 2.05) is 109 Å². The predicted molar refractivity (Wildman–Crippen MR) is 390 cm³/mol. The quantitative estimate of drug-likeness (QED) is 0.0349. The van der Waals surface area contributed by atoms with Gasteiger partial charge in [0.1, 0.15) is 58.5 Å². The highest BCUT2D eigenvalue weighted by atomic mass is 16.5. The molecule has 1 unspecified atom stereocenters. The van der Waals surface area contributed by atoms with Crippen LogP contribution in [0, 0.1) is 17.2 Å². The number of anilines is 4. The summed E-state index contributed by atoms with van der Waals surface area (Å²) in [7, 11) is 0. The summed E-state index contributed by atoms with van der Waals surface area (Å²) in [6, 6.07) is 39.9. The molecule has 0 bridgehead atoms. The summed E-state index contributed by atoms with van der Waals surface area (Å²) in [5.74, 6) is 3.64. The van der Waals surface area contributed by atoms with Gasteiger partial charge in [0.2, 0.25) is 11.8 Å². The van der Waals surface area contributed by atoms with Gasteiger partial charge in [-0.25, -0.2) is 24.6 Å². The Morgan fingerprint density at radius 1 is 0.573 bits per heavy atom. The Morgan fingerprint density at radius 3 is 1.86 bits per heavy atom. The molecule has 18 rings (SSSR count). The summed E-state index contributed by atoms with van der Waals surface area (Å²) < 4.78 is 14.8. The standard InChI is InChI=1S/C77H86N20O6/c78-68(66-70(79)82-45-83-73(66)84-51-21-25-91(26-22-51)56-41-94(42-56)54-37-89(38-54)33-46-31-81-32-46)48-9-14-60(15-10-48)103-61-8-4-5-50(29-61)72-86-71(80)67-69(49-11-16-59(17-12-49)102-58-6-2-1-3-7-58)88-97(74(67)87-72)52-23-27-92(28-24-52)57-43-95(44-57)55-39-90(40-55)34-47-35-93(36-47)53-13-18-62-63(30-53)77(101)96(76(62)100)64-19-20-65(98)85-75(64)99/h1-18,29-30,45-47,51-52,54-57,64,78,81H,19-28,31-44H2,(H2,80,86,87)(H,85,98,99)(H3,79,82,83,84). The topological polar surface area (TPSA) is 294 Å². The Morgan fingerprint density at radius 2 is 1.19 bits per heavy atom. The number of hydrogen-bond donors (Lipinski definition) is 6. The van der Waals surface area contributed by atoms with Crippen molar-refractivity contribution in [2.45, 2.75) is 80.8 Å². The smallest absolute Gasteiger partial charge is 0.262 e. The van der Waals surface area contributed by atoms with Crippen molar-refractivity contribution in [3.8, 4) is 45.6 Å². The van der Waals surface area contributed by atoms with Gasteiger partial charge in [0.25, 0.3) is 11.8 Å². The number of imide groups is 2. The molecule has 103 heavy (non-hydrogen) atoms. The number of benzene rings is 5. The van der Waals surface area contributed by atoms with Gasteiger partial charge in [-0.15, -0.1) is 0 Å². The molecule has 530 valence electrons. The summed E-state index contributed by atoms with van der Waals surface area (Å²) in [6.45, 7) is 19.3. The van der Waals surface area contributed by atoms with Crippen LogP contribution in [0.2, 0.25) is 0 Å². The van der Waals surface area contributed by atoms with Gasteiger partial charge >= 0.3 is 0 Å². The third-order valence-electron chi connectivity index (χ3n) is 23.4. The molecule has 0 spiro atoms. The van der Waals surface area contributed by atoms with Gasteiger partial charge in [0.05, 0.1) is 33.8 Å². The molecule has 9 fully saturated rings. The monoisotopic (exact) mass is 1390 g/mol. The second kappa shape index (κ2) is 27.1. The summed E-state index contributed by atoms with van der Waals surface area (Å²) >= 11 is 0. The molecule has 5 aromatic carbocycles. The van der Waals surface area contributed by atoms with E-state index >= 15 is 0 Å². The SMILES string of the molecule is N=C(c1ccc(Oc2cccc(-c3nc(N)c4c(-c5ccc(Oc6ccccc6)cc5)nn(C5CCN(C6CN(C7CN(CC8CN(c9ccc%10c(c9)C(=O)N(C9CCC(=O)NC9=O)C%10=O)C8)C7)C6)CC5)c4n3)c2)cc1)c1c(N)ncnc1NC1CCN(C2CN(C3CN(CC4CNC4)C3)C2)CC1. The van der Waals surface area contributed by atoms with E-state index in [2.05, 4.69) is 64.9 Å². The maximum atomic E-state index is 13.5. The minimum absolute atomic E-state index is 0.0713. The molecule has 26 nitrogen and oxygen atoms in total. The molecule has 4 amide bonds. The van der Waals surface area contributed by atoms with E-state index in [4.69, 9.17) is 36.0 Å². The second-order valence-electron chi connectivity index (χ2n) is 30.0. The predicted octanol–water partition coefficient (Wildman–Crippen LogP) is 6.12. The number of hydrogen-bond acceptors (Lipinski definition) is 23.